The molecule has 286 valence electrons. The Hall–Kier alpha value is 1.50. The van der Waals surface area contributed by atoms with Gasteiger partial charge in [-0.1, -0.05) is 25.5 Å². The van der Waals surface area contributed by atoms with Gasteiger partial charge in [-0.3, -0.25) is 9.13 Å². The van der Waals surface area contributed by atoms with Crippen LogP contribution in [0.3, 0.4) is 0 Å². The Balaban J connectivity index is 0.00000261. The molecule has 2 aliphatic heterocycles. The van der Waals surface area contributed by atoms with Gasteiger partial charge in [0.25, 0.3) is 0 Å². The predicted molar refractivity (Wildman–Crippen MR) is 159 cm³/mol. The van der Waals surface area contributed by atoms with E-state index in [1.807, 2.05) is 6.92 Å². The van der Waals surface area contributed by atoms with Gasteiger partial charge in [0.2, 0.25) is 11.5 Å². The van der Waals surface area contributed by atoms with Gasteiger partial charge in [-0.25, -0.2) is 9.59 Å². The van der Waals surface area contributed by atoms with Crippen LogP contribution in [0.4, 0.5) is 0 Å². The fourth-order valence-electron chi connectivity index (χ4n) is 9.21. The standard InChI is InChI=1S/C31H44O18P2.4Na/c1-30-9-7-15(46-50(40,41)48-26-22(36)24(19(34)12-32)44-28(26)38)11-14(30)3-4-16-17-5-6-21(31(17,2)10-8-18(16)30)47-51(42,43)49-27-23(37)25(20(35)13-33)45-29(27)39;;;;/h3,15-21,24-25,32-37H,4-13H2,1-2H3,(H,40,41)(H,42,43);;;;/q;4*+1/p-4/t15-,16?,17?,18?,19?,20?,21-,24?,25?,30-,31-;;;;/m0..../s1. The van der Waals surface area contributed by atoms with E-state index in [2.05, 4.69) is 22.5 Å². The van der Waals surface area contributed by atoms with E-state index in [0.29, 0.717) is 44.9 Å². The summed E-state index contributed by atoms with van der Waals surface area (Å²) in [5, 5.41) is 62.4. The van der Waals surface area contributed by atoms with Crippen LogP contribution in [0.25, 0.3) is 0 Å². The number of fused-ring (bicyclic) bond motifs is 5. The van der Waals surface area contributed by atoms with Crippen LogP contribution in [0.1, 0.15) is 65.2 Å². The van der Waals surface area contributed by atoms with Gasteiger partial charge in [-0.2, -0.15) is 0 Å². The summed E-state index contributed by atoms with van der Waals surface area (Å²) >= 11 is 0. The van der Waals surface area contributed by atoms with Gasteiger partial charge in [0.1, 0.15) is 24.4 Å². The minimum atomic E-state index is -5.26. The molecule has 6 aliphatic rings. The van der Waals surface area contributed by atoms with Crippen LogP contribution in [0.15, 0.2) is 34.7 Å². The number of rotatable bonds is 12. The number of phosphoric ester groups is 2. The first-order chi connectivity index (χ1) is 23.8. The maximum atomic E-state index is 13.0. The molecular weight excluding hydrogens is 814 g/mol. The Labute approximate surface area is 406 Å². The van der Waals surface area contributed by atoms with Crippen molar-refractivity contribution in [2.75, 3.05) is 13.2 Å². The molecule has 18 nitrogen and oxygen atoms in total. The zero-order valence-electron chi connectivity index (χ0n) is 31.7. The predicted octanol–water partition coefficient (Wildman–Crippen LogP) is -13.6. The molecule has 13 atom stereocenters. The van der Waals surface area contributed by atoms with Gasteiger partial charge in [0.15, 0.2) is 0 Å². The quantitative estimate of drug-likeness (QED) is 0.0613. The molecule has 2 heterocycles. The first-order valence-corrected chi connectivity index (χ1v) is 19.7. The molecule has 9 unspecified atom stereocenters. The largest absolute Gasteiger partial charge is 1.00 e. The Kier molecular flexibility index (Phi) is 19.3. The van der Waals surface area contributed by atoms with E-state index in [4.69, 9.17) is 28.3 Å². The smallest absolute Gasteiger partial charge is 0.870 e. The number of ether oxygens (including phenoxy) is 2. The normalized spacial score (nSPS) is 36.9. The molecule has 0 bridgehead atoms. The summed E-state index contributed by atoms with van der Waals surface area (Å²) in [4.78, 5) is 50.0. The number of aliphatic hydroxyl groups is 4. The molecule has 6 rings (SSSR count). The Bertz CT molecular complexity index is 1650. The van der Waals surface area contributed by atoms with Crippen LogP contribution in [-0.2, 0) is 46.3 Å². The maximum Gasteiger partial charge on any atom is 1.00 e. The Morgan fingerprint density at radius 2 is 1.31 bits per heavy atom. The molecule has 24 heteroatoms. The van der Waals surface area contributed by atoms with Crippen LogP contribution < -0.4 is 138 Å². The van der Waals surface area contributed by atoms with Crippen LogP contribution >= 0.6 is 15.6 Å². The molecule has 0 aromatic carbocycles. The zero-order chi connectivity index (χ0) is 37.3. The van der Waals surface area contributed by atoms with Crippen LogP contribution in [0, 0.1) is 28.6 Å². The summed E-state index contributed by atoms with van der Waals surface area (Å²) < 4.78 is 55.4. The second-order valence-corrected chi connectivity index (χ2v) is 17.1. The summed E-state index contributed by atoms with van der Waals surface area (Å²) in [6.07, 6.45) is -2.65. The molecule has 4 N–H and O–H groups in total. The number of hydrogen-bond acceptors (Lipinski definition) is 18. The molecule has 0 radical (unpaired) electrons. The number of carbonyl (C=O) groups excluding carboxylic acids is 2. The van der Waals surface area contributed by atoms with Gasteiger partial charge >= 0.3 is 146 Å². The fraction of sp³-hybridized carbons (Fsp3) is 0.742. The molecule has 55 heavy (non-hydrogen) atoms. The van der Waals surface area contributed by atoms with E-state index < -0.39 is 106 Å². The van der Waals surface area contributed by atoms with Gasteiger partial charge in [-0.05, 0) is 91.5 Å². The van der Waals surface area contributed by atoms with Gasteiger partial charge in [0, 0.05) is 0 Å². The summed E-state index contributed by atoms with van der Waals surface area (Å²) in [6.45, 7) is 2.26. The van der Waals surface area contributed by atoms with Crippen molar-refractivity contribution in [3.63, 3.8) is 0 Å². The number of hydrogen-bond donors (Lipinski definition) is 4. The van der Waals surface area contributed by atoms with Crippen molar-refractivity contribution in [3.8, 4) is 0 Å². The van der Waals surface area contributed by atoms with E-state index in [-0.39, 0.29) is 148 Å². The number of carbonyl (C=O) groups is 2. The van der Waals surface area contributed by atoms with E-state index in [1.54, 1.807) is 0 Å². The molecule has 3 saturated carbocycles. The number of phosphoric acid groups is 2. The summed E-state index contributed by atoms with van der Waals surface area (Å²) in [6, 6.07) is 0. The van der Waals surface area contributed by atoms with E-state index in [0.717, 1.165) is 5.57 Å². The summed E-state index contributed by atoms with van der Waals surface area (Å²) in [5.74, 6) is -7.18. The van der Waals surface area contributed by atoms with Crippen molar-refractivity contribution in [2.45, 2.75) is 102 Å². The second-order valence-electron chi connectivity index (χ2n) is 14.6. The van der Waals surface area contributed by atoms with Crippen molar-refractivity contribution in [1.29, 1.82) is 0 Å². The molecule has 0 saturated heterocycles. The topological polar surface area (TPSA) is 297 Å². The molecule has 0 spiro atoms. The summed E-state index contributed by atoms with van der Waals surface area (Å²) in [7, 11) is -10.5. The van der Waals surface area contributed by atoms with Gasteiger partial charge in [-0.15, -0.1) is 0 Å². The average Bonchev–Trinajstić information content (AvgIpc) is 3.65. The zero-order valence-corrected chi connectivity index (χ0v) is 41.5. The second kappa shape index (κ2) is 20.1. The molecule has 4 aliphatic carbocycles. The van der Waals surface area contributed by atoms with Crippen molar-refractivity contribution >= 4 is 27.6 Å². The van der Waals surface area contributed by atoms with Crippen LogP contribution in [0.5, 0.6) is 0 Å². The third-order valence-corrected chi connectivity index (χ3v) is 13.7. The number of allylic oxidation sites excluding steroid dienone is 1. The fourth-order valence-corrected chi connectivity index (χ4v) is 11.3. The Morgan fingerprint density at radius 3 is 1.82 bits per heavy atom. The number of esters is 2. The molecular formula is C31H40Na4O18P2. The van der Waals surface area contributed by atoms with Crippen molar-refractivity contribution < 1.29 is 205 Å². The van der Waals surface area contributed by atoms with Crippen molar-refractivity contribution in [3.05, 3.63) is 34.7 Å². The van der Waals surface area contributed by atoms with Gasteiger partial charge < -0.3 is 68.0 Å². The van der Waals surface area contributed by atoms with Crippen molar-refractivity contribution in [1.82, 2.24) is 0 Å². The third kappa shape index (κ3) is 10.4. The van der Waals surface area contributed by atoms with E-state index in [9.17, 15) is 48.9 Å². The maximum absolute atomic E-state index is 13.0. The average molecular weight is 855 g/mol. The molecule has 0 amide bonds. The Morgan fingerprint density at radius 1 is 0.800 bits per heavy atom. The minimum absolute atomic E-state index is 0. The van der Waals surface area contributed by atoms with E-state index >= 15 is 0 Å². The summed E-state index contributed by atoms with van der Waals surface area (Å²) in [5.41, 5.74) is 0.0795. The first kappa shape index (κ1) is 52.6. The SMILES string of the molecule is C[C@]12CC[C@H](OP(=O)([O-])OC3=C([O-])C(C(O)CO)OC3=O)CC1=CCC1C2CC[C@@]2(C)C1CC[C@@H]2OP(=O)([O-])OC1=C([O-])C(C(O)CO)OC1=O.[Na+].[Na+].[Na+].[Na+]. The van der Waals surface area contributed by atoms with Crippen LogP contribution in [-0.4, -0.2) is 82.2 Å². The minimum Gasteiger partial charge on any atom is -0.870 e. The monoisotopic (exact) mass is 854 g/mol. The number of cyclic esters (lactones) is 2. The van der Waals surface area contributed by atoms with Gasteiger partial charge in [0.05, 0.1) is 25.4 Å². The van der Waals surface area contributed by atoms with Crippen LogP contribution in [0.2, 0.25) is 0 Å². The molecule has 0 aromatic rings. The molecule has 0 aromatic heterocycles. The third-order valence-electron chi connectivity index (χ3n) is 11.8. The van der Waals surface area contributed by atoms with E-state index in [1.165, 1.54) is 0 Å². The number of aliphatic hydroxyl groups excluding tert-OH is 4. The molecule has 3 fully saturated rings. The first-order valence-electron chi connectivity index (χ1n) is 16.7. The van der Waals surface area contributed by atoms with Crippen molar-refractivity contribution in [2.24, 2.45) is 28.6 Å².